The van der Waals surface area contributed by atoms with Gasteiger partial charge in [0.25, 0.3) is 5.91 Å². The van der Waals surface area contributed by atoms with Crippen molar-refractivity contribution in [2.24, 2.45) is 5.10 Å². The van der Waals surface area contributed by atoms with Crippen molar-refractivity contribution in [2.75, 3.05) is 0 Å². The van der Waals surface area contributed by atoms with E-state index >= 15 is 0 Å². The summed E-state index contributed by atoms with van der Waals surface area (Å²) in [6, 6.07) is 6.89. The summed E-state index contributed by atoms with van der Waals surface area (Å²) < 4.78 is 1.16. The van der Waals surface area contributed by atoms with Crippen LogP contribution in [0.2, 0.25) is 5.02 Å². The van der Waals surface area contributed by atoms with Crippen LogP contribution in [0.15, 0.2) is 41.8 Å². The summed E-state index contributed by atoms with van der Waals surface area (Å²) in [6.07, 6.45) is 3.70. The molecular weight excluding hydrogens is 298 g/mol. The number of hydrogen-bond donors (Lipinski definition) is 1. The molecule has 1 aromatic heterocycles. The van der Waals surface area contributed by atoms with Crippen molar-refractivity contribution in [3.63, 3.8) is 0 Å². The van der Waals surface area contributed by atoms with Crippen LogP contribution in [0.5, 0.6) is 0 Å². The normalized spacial score (nSPS) is 10.7. The number of nitrogens with one attached hydrogen (secondary N) is 1. The molecule has 1 aromatic carbocycles. The first kappa shape index (κ1) is 14.7. The quantitative estimate of drug-likeness (QED) is 0.514. The van der Waals surface area contributed by atoms with Crippen molar-refractivity contribution in [1.29, 1.82) is 0 Å². The Bertz CT molecular complexity index is 680. The van der Waals surface area contributed by atoms with Gasteiger partial charge in [-0.15, -0.1) is 0 Å². The maximum atomic E-state index is 11.6. The highest BCUT2D eigenvalue weighted by Crippen LogP contribution is 2.08. The number of carbonyl (C=O) groups is 1. The third-order valence-corrected chi connectivity index (χ3v) is 2.66. The van der Waals surface area contributed by atoms with Crippen molar-refractivity contribution >= 4 is 29.4 Å². The zero-order valence-corrected chi connectivity index (χ0v) is 11.4. The van der Waals surface area contributed by atoms with Crippen LogP contribution in [0.4, 0.5) is 5.69 Å². The van der Waals surface area contributed by atoms with Gasteiger partial charge in [0.15, 0.2) is 0 Å². The molecule has 1 heterocycles. The Labute approximate surface area is 124 Å². The second kappa shape index (κ2) is 6.62. The number of nitrogens with zero attached hydrogens (tertiary/aromatic N) is 4. The molecule has 0 radical (unpaired) electrons. The Morgan fingerprint density at radius 2 is 2.19 bits per heavy atom. The number of benzene rings is 1. The van der Waals surface area contributed by atoms with Gasteiger partial charge in [-0.2, -0.15) is 10.2 Å². The van der Waals surface area contributed by atoms with Gasteiger partial charge in [0, 0.05) is 5.02 Å². The Morgan fingerprint density at radius 3 is 2.81 bits per heavy atom. The SMILES string of the molecule is O=C(Cn1cc([N+](=O)[O-])cn1)NN=Cc1ccc(Cl)cc1. The van der Waals surface area contributed by atoms with E-state index in [0.717, 1.165) is 16.4 Å². The first-order chi connectivity index (χ1) is 10.0. The molecule has 0 aliphatic rings. The lowest BCUT2D eigenvalue weighted by atomic mass is 10.2. The van der Waals surface area contributed by atoms with Crippen molar-refractivity contribution in [2.45, 2.75) is 6.54 Å². The summed E-state index contributed by atoms with van der Waals surface area (Å²) in [5.41, 5.74) is 2.90. The van der Waals surface area contributed by atoms with Crippen LogP contribution in [-0.2, 0) is 11.3 Å². The fourth-order valence-corrected chi connectivity index (χ4v) is 1.57. The van der Waals surface area contributed by atoms with E-state index in [4.69, 9.17) is 11.6 Å². The number of amides is 1. The number of hydrazone groups is 1. The topological polar surface area (TPSA) is 102 Å². The van der Waals surface area contributed by atoms with Crippen LogP contribution in [0, 0.1) is 10.1 Å². The van der Waals surface area contributed by atoms with Gasteiger partial charge >= 0.3 is 5.69 Å². The second-order valence-corrected chi connectivity index (χ2v) is 4.43. The molecule has 21 heavy (non-hydrogen) atoms. The largest absolute Gasteiger partial charge is 0.307 e. The molecule has 9 heteroatoms. The number of halogens is 1. The van der Waals surface area contributed by atoms with Crippen molar-refractivity contribution < 1.29 is 9.72 Å². The van der Waals surface area contributed by atoms with E-state index in [2.05, 4.69) is 15.6 Å². The van der Waals surface area contributed by atoms with E-state index in [9.17, 15) is 14.9 Å². The molecule has 0 aliphatic carbocycles. The lowest BCUT2D eigenvalue weighted by molar-refractivity contribution is -0.385. The van der Waals surface area contributed by atoms with Crippen LogP contribution in [0.1, 0.15) is 5.56 Å². The highest BCUT2D eigenvalue weighted by atomic mass is 35.5. The van der Waals surface area contributed by atoms with Crippen molar-refractivity contribution in [1.82, 2.24) is 15.2 Å². The maximum absolute atomic E-state index is 11.6. The third kappa shape index (κ3) is 4.39. The third-order valence-electron chi connectivity index (χ3n) is 2.41. The molecule has 0 spiro atoms. The van der Waals surface area contributed by atoms with Gasteiger partial charge in [-0.05, 0) is 17.7 Å². The van der Waals surface area contributed by atoms with Crippen LogP contribution < -0.4 is 5.43 Å². The molecule has 2 rings (SSSR count). The Balaban J connectivity index is 1.86. The number of aromatic nitrogens is 2. The predicted molar refractivity (Wildman–Crippen MR) is 76.1 cm³/mol. The first-order valence-electron chi connectivity index (χ1n) is 5.79. The number of hydrogen-bond acceptors (Lipinski definition) is 5. The Morgan fingerprint density at radius 1 is 1.48 bits per heavy atom. The number of rotatable bonds is 5. The van der Waals surface area contributed by atoms with Crippen LogP contribution in [-0.4, -0.2) is 26.8 Å². The van der Waals surface area contributed by atoms with Crippen LogP contribution in [0.3, 0.4) is 0 Å². The highest BCUT2D eigenvalue weighted by molar-refractivity contribution is 6.30. The smallest absolute Gasteiger partial charge is 0.271 e. The molecule has 0 fully saturated rings. The zero-order valence-electron chi connectivity index (χ0n) is 10.6. The molecule has 0 saturated carbocycles. The van der Waals surface area contributed by atoms with Gasteiger partial charge in [0.2, 0.25) is 0 Å². The van der Waals surface area contributed by atoms with Gasteiger partial charge in [0.1, 0.15) is 18.9 Å². The summed E-state index contributed by atoms with van der Waals surface area (Å²) in [4.78, 5) is 21.4. The Hall–Kier alpha value is -2.74. The number of nitro groups is 1. The highest BCUT2D eigenvalue weighted by Gasteiger charge is 2.10. The summed E-state index contributed by atoms with van der Waals surface area (Å²) in [5.74, 6) is -0.446. The molecule has 8 nitrogen and oxygen atoms in total. The molecule has 1 amide bonds. The lowest BCUT2D eigenvalue weighted by Crippen LogP contribution is -2.23. The fourth-order valence-electron chi connectivity index (χ4n) is 1.44. The first-order valence-corrected chi connectivity index (χ1v) is 6.17. The van der Waals surface area contributed by atoms with Gasteiger partial charge in [-0.25, -0.2) is 5.43 Å². The monoisotopic (exact) mass is 307 g/mol. The molecule has 0 bridgehead atoms. The molecule has 0 saturated heterocycles. The molecule has 0 unspecified atom stereocenters. The van der Waals surface area contributed by atoms with E-state index < -0.39 is 10.8 Å². The van der Waals surface area contributed by atoms with Crippen molar-refractivity contribution in [3.05, 3.63) is 57.4 Å². The van der Waals surface area contributed by atoms with E-state index in [1.807, 2.05) is 0 Å². The standard InChI is InChI=1S/C12H10ClN5O3/c13-10-3-1-9(2-4-10)5-14-16-12(19)8-17-7-11(6-15-17)18(20)21/h1-7H,8H2,(H,16,19). The van der Waals surface area contributed by atoms with E-state index in [0.29, 0.717) is 5.02 Å². The van der Waals surface area contributed by atoms with Crippen LogP contribution >= 0.6 is 11.6 Å². The number of carbonyl (C=O) groups excluding carboxylic acids is 1. The minimum absolute atomic E-state index is 0.161. The van der Waals surface area contributed by atoms with E-state index in [1.165, 1.54) is 12.4 Å². The van der Waals surface area contributed by atoms with Gasteiger partial charge in [-0.1, -0.05) is 23.7 Å². The fraction of sp³-hybridized carbons (Fsp3) is 0.0833. The predicted octanol–water partition coefficient (Wildman–Crippen LogP) is 1.59. The lowest BCUT2D eigenvalue weighted by Gasteiger charge is -1.99. The summed E-state index contributed by atoms with van der Waals surface area (Å²) in [6.45, 7) is -0.161. The van der Waals surface area contributed by atoms with Crippen molar-refractivity contribution in [3.8, 4) is 0 Å². The minimum Gasteiger partial charge on any atom is -0.271 e. The molecule has 0 atom stereocenters. The Kier molecular flexibility index (Phi) is 4.62. The summed E-state index contributed by atoms with van der Waals surface area (Å²) in [7, 11) is 0. The zero-order chi connectivity index (χ0) is 15.2. The average Bonchev–Trinajstić information content (AvgIpc) is 2.90. The second-order valence-electron chi connectivity index (χ2n) is 4.00. The minimum atomic E-state index is -0.583. The van der Waals surface area contributed by atoms with Gasteiger partial charge in [-0.3, -0.25) is 19.6 Å². The molecule has 108 valence electrons. The average molecular weight is 308 g/mol. The molecule has 0 aliphatic heterocycles. The molecule has 2 aromatic rings. The summed E-state index contributed by atoms with van der Waals surface area (Å²) >= 11 is 5.74. The van der Waals surface area contributed by atoms with Crippen LogP contribution in [0.25, 0.3) is 0 Å². The van der Waals surface area contributed by atoms with E-state index in [-0.39, 0.29) is 12.2 Å². The van der Waals surface area contributed by atoms with Gasteiger partial charge in [0.05, 0.1) is 11.1 Å². The van der Waals surface area contributed by atoms with E-state index in [1.54, 1.807) is 24.3 Å². The molecular formula is C12H10ClN5O3. The summed E-state index contributed by atoms with van der Waals surface area (Å²) in [5, 5.41) is 18.5. The molecule has 1 N–H and O–H groups in total. The van der Waals surface area contributed by atoms with Gasteiger partial charge < -0.3 is 0 Å². The maximum Gasteiger partial charge on any atom is 0.307 e.